The average Bonchev–Trinajstić information content (AvgIpc) is 3.47. The molecule has 258 valence electrons. The van der Waals surface area contributed by atoms with Crippen LogP contribution in [0.2, 0.25) is 0 Å². The van der Waals surface area contributed by atoms with E-state index in [1.165, 1.54) is 23.0 Å². The predicted octanol–water partition coefficient (Wildman–Crippen LogP) is 6.02. The molecule has 0 unspecified atom stereocenters. The Kier molecular flexibility index (Phi) is 10.9. The van der Waals surface area contributed by atoms with E-state index in [2.05, 4.69) is 28.7 Å². The number of methoxy groups -OCH3 is 3. The lowest BCUT2D eigenvalue weighted by molar-refractivity contribution is -0.138. The normalized spacial score (nSPS) is 13.9. The van der Waals surface area contributed by atoms with Crippen LogP contribution in [-0.4, -0.2) is 38.5 Å². The second-order valence-electron chi connectivity index (χ2n) is 11.1. The third kappa shape index (κ3) is 7.13. The molecular formula is C39H32IN3O7S. The Bertz CT molecular complexity index is 2380. The lowest BCUT2D eigenvalue weighted by Gasteiger charge is -2.26. The molecule has 2 heterocycles. The average molecular weight is 814 g/mol. The number of benzene rings is 4. The molecule has 1 aliphatic heterocycles. The van der Waals surface area contributed by atoms with Crippen LogP contribution in [0.25, 0.3) is 11.8 Å². The molecule has 0 aliphatic carbocycles. The summed E-state index contributed by atoms with van der Waals surface area (Å²) in [7, 11) is 4.62. The van der Waals surface area contributed by atoms with Crippen molar-refractivity contribution in [1.82, 2.24) is 4.57 Å². The molecule has 51 heavy (non-hydrogen) atoms. The lowest BCUT2D eigenvalue weighted by atomic mass is 9.93. The number of carbonyl (C=O) groups is 1. The van der Waals surface area contributed by atoms with Crippen LogP contribution in [0, 0.1) is 14.9 Å². The largest absolute Gasteiger partial charge is 0.493 e. The first-order valence-electron chi connectivity index (χ1n) is 15.8. The molecule has 0 saturated carbocycles. The molecule has 10 nitrogen and oxygen atoms in total. The quantitative estimate of drug-likeness (QED) is 0.117. The van der Waals surface area contributed by atoms with Gasteiger partial charge in [-0.15, -0.1) is 0 Å². The second-order valence-corrected chi connectivity index (χ2v) is 13.3. The fraction of sp³-hybridized carbons (Fsp3) is 0.179. The van der Waals surface area contributed by atoms with E-state index in [0.29, 0.717) is 60.3 Å². The van der Waals surface area contributed by atoms with Gasteiger partial charge in [0.2, 0.25) is 0 Å². The molecule has 0 amide bonds. The number of ether oxygens (including phenoxy) is 5. The number of esters is 1. The maximum atomic E-state index is 14.4. The summed E-state index contributed by atoms with van der Waals surface area (Å²) in [5.41, 5.74) is 3.60. The highest BCUT2D eigenvalue weighted by atomic mass is 127. The third-order valence-corrected chi connectivity index (χ3v) is 9.94. The minimum Gasteiger partial charge on any atom is -0.493 e. The number of hydrogen-bond acceptors (Lipinski definition) is 10. The fourth-order valence-corrected chi connectivity index (χ4v) is 7.58. The van der Waals surface area contributed by atoms with Crippen LogP contribution in [0.15, 0.2) is 100 Å². The van der Waals surface area contributed by atoms with Gasteiger partial charge in [-0.1, -0.05) is 65.9 Å². The van der Waals surface area contributed by atoms with Crippen LogP contribution in [0.5, 0.6) is 23.0 Å². The Hall–Kier alpha value is -5.39. The molecule has 0 spiro atoms. The Balaban J connectivity index is 1.51. The van der Waals surface area contributed by atoms with Crippen LogP contribution < -0.4 is 33.8 Å². The van der Waals surface area contributed by atoms with Crippen molar-refractivity contribution in [3.05, 3.63) is 142 Å². The number of carbonyl (C=O) groups excluding carboxylic acids is 1. The zero-order valence-electron chi connectivity index (χ0n) is 28.1. The number of aromatic nitrogens is 1. The van der Waals surface area contributed by atoms with Crippen LogP contribution in [0.3, 0.4) is 0 Å². The van der Waals surface area contributed by atoms with Crippen molar-refractivity contribution in [2.75, 3.05) is 27.9 Å². The van der Waals surface area contributed by atoms with Gasteiger partial charge in [0.15, 0.2) is 27.8 Å². The van der Waals surface area contributed by atoms with Crippen LogP contribution in [0.1, 0.15) is 40.8 Å². The van der Waals surface area contributed by atoms with Crippen LogP contribution >= 0.6 is 33.9 Å². The van der Waals surface area contributed by atoms with Crippen molar-refractivity contribution < 1.29 is 28.5 Å². The molecule has 0 saturated heterocycles. The summed E-state index contributed by atoms with van der Waals surface area (Å²) >= 11 is 3.38. The van der Waals surface area contributed by atoms with Crippen molar-refractivity contribution in [2.24, 2.45) is 4.99 Å². The minimum absolute atomic E-state index is 0.137. The summed E-state index contributed by atoms with van der Waals surface area (Å²) in [4.78, 5) is 33.6. The summed E-state index contributed by atoms with van der Waals surface area (Å²) < 4.78 is 31.2. The van der Waals surface area contributed by atoms with Gasteiger partial charge in [0, 0.05) is 11.1 Å². The fourth-order valence-electron chi connectivity index (χ4n) is 5.80. The van der Waals surface area contributed by atoms with Gasteiger partial charge in [-0.25, -0.2) is 9.79 Å². The van der Waals surface area contributed by atoms with E-state index in [1.54, 1.807) is 57.6 Å². The van der Waals surface area contributed by atoms with E-state index >= 15 is 0 Å². The first-order valence-corrected chi connectivity index (χ1v) is 17.7. The van der Waals surface area contributed by atoms with Gasteiger partial charge in [0.25, 0.3) is 5.56 Å². The standard InChI is InChI=1S/C39H32IN3O7S/c1-5-49-38(45)33-34(24-11-7-6-8-12-24)42-39-43(35(33)25-15-16-29(46-2)30(20-25)47-3)37(44)32(51-39)19-23-17-28(40)36(31(18-23)48-4)50-22-27-14-10-9-13-26(27)21-41/h6-20,35H,5,22H2,1-4H3/b32-19-/t35-/m1/s1. The molecule has 0 fully saturated rings. The molecule has 1 aromatic heterocycles. The number of halogens is 1. The molecule has 0 radical (unpaired) electrons. The zero-order chi connectivity index (χ0) is 36.1. The van der Waals surface area contributed by atoms with E-state index in [0.717, 1.165) is 9.13 Å². The molecule has 4 aromatic carbocycles. The maximum Gasteiger partial charge on any atom is 0.338 e. The van der Waals surface area contributed by atoms with E-state index in [1.807, 2.05) is 54.6 Å². The molecule has 0 bridgehead atoms. The maximum absolute atomic E-state index is 14.4. The van der Waals surface area contributed by atoms with Gasteiger partial charge < -0.3 is 23.7 Å². The summed E-state index contributed by atoms with van der Waals surface area (Å²) in [6.45, 7) is 2.05. The highest BCUT2D eigenvalue weighted by molar-refractivity contribution is 14.1. The van der Waals surface area contributed by atoms with Gasteiger partial charge in [-0.05, 0) is 77.0 Å². The summed E-state index contributed by atoms with van der Waals surface area (Å²) in [5.74, 6) is 1.35. The van der Waals surface area contributed by atoms with Gasteiger partial charge in [-0.2, -0.15) is 5.26 Å². The van der Waals surface area contributed by atoms with Crippen LogP contribution in [0.4, 0.5) is 0 Å². The predicted molar refractivity (Wildman–Crippen MR) is 202 cm³/mol. The minimum atomic E-state index is -0.890. The van der Waals surface area contributed by atoms with Gasteiger partial charge in [-0.3, -0.25) is 9.36 Å². The van der Waals surface area contributed by atoms with Crippen molar-refractivity contribution in [1.29, 1.82) is 5.26 Å². The van der Waals surface area contributed by atoms with E-state index < -0.39 is 12.0 Å². The molecule has 12 heteroatoms. The number of rotatable bonds is 11. The number of nitrogens with zero attached hydrogens (tertiary/aromatic N) is 3. The van der Waals surface area contributed by atoms with Crippen molar-refractivity contribution >= 4 is 51.7 Å². The highest BCUT2D eigenvalue weighted by Gasteiger charge is 2.35. The zero-order valence-corrected chi connectivity index (χ0v) is 31.1. The molecule has 6 rings (SSSR count). The van der Waals surface area contributed by atoms with Crippen LogP contribution in [-0.2, 0) is 16.1 Å². The lowest BCUT2D eigenvalue weighted by Crippen LogP contribution is -2.40. The molecule has 1 aliphatic rings. The summed E-state index contributed by atoms with van der Waals surface area (Å²) in [6, 6.07) is 26.9. The summed E-state index contributed by atoms with van der Waals surface area (Å²) in [5, 5.41) is 9.49. The Morgan fingerprint density at radius 1 is 0.961 bits per heavy atom. The van der Waals surface area contributed by atoms with E-state index in [-0.39, 0.29) is 24.3 Å². The third-order valence-electron chi connectivity index (χ3n) is 8.16. The SMILES string of the molecule is CCOC(=O)C1=C(c2ccccc2)N=c2s/c(=C\c3cc(I)c(OCc4ccccc4C#N)c(OC)c3)c(=O)n2[C@@H]1c1ccc(OC)c(OC)c1. The summed E-state index contributed by atoms with van der Waals surface area (Å²) in [6.07, 6.45) is 1.77. The highest BCUT2D eigenvalue weighted by Crippen LogP contribution is 2.39. The smallest absolute Gasteiger partial charge is 0.338 e. The van der Waals surface area contributed by atoms with Crippen molar-refractivity contribution in [2.45, 2.75) is 19.6 Å². The van der Waals surface area contributed by atoms with Crippen molar-refractivity contribution in [3.8, 4) is 29.1 Å². The number of thiazole rings is 1. The molecular weight excluding hydrogens is 781 g/mol. The number of fused-ring (bicyclic) bond motifs is 1. The Morgan fingerprint density at radius 3 is 2.39 bits per heavy atom. The first kappa shape index (κ1) is 35.4. The Labute approximate surface area is 311 Å². The molecule has 1 atom stereocenters. The monoisotopic (exact) mass is 813 g/mol. The molecule has 5 aromatic rings. The van der Waals surface area contributed by atoms with Crippen molar-refractivity contribution in [3.63, 3.8) is 0 Å². The van der Waals surface area contributed by atoms with Gasteiger partial charge in [0.1, 0.15) is 6.61 Å². The number of nitriles is 1. The number of hydrogen-bond donors (Lipinski definition) is 0. The molecule has 0 N–H and O–H groups in total. The topological polar surface area (TPSA) is 121 Å². The van der Waals surface area contributed by atoms with Gasteiger partial charge in [0.05, 0.1) is 65.0 Å². The van der Waals surface area contributed by atoms with E-state index in [9.17, 15) is 14.9 Å². The first-order chi connectivity index (χ1) is 24.8. The van der Waals surface area contributed by atoms with E-state index in [4.69, 9.17) is 28.7 Å². The second kappa shape index (κ2) is 15.7. The van der Waals surface area contributed by atoms with Gasteiger partial charge >= 0.3 is 5.97 Å². The Morgan fingerprint density at radius 2 is 1.69 bits per heavy atom.